The molecule has 0 spiro atoms. The maximum absolute atomic E-state index is 11.0. The van der Waals surface area contributed by atoms with Crippen LogP contribution < -0.4 is 5.73 Å². The summed E-state index contributed by atoms with van der Waals surface area (Å²) < 4.78 is 4.40. The van der Waals surface area contributed by atoms with Gasteiger partial charge in [-0.1, -0.05) is 13.8 Å². The molecule has 0 fully saturated rings. The first-order valence-electron chi connectivity index (χ1n) is 4.07. The van der Waals surface area contributed by atoms with E-state index in [0.717, 1.165) is 0 Å². The highest BCUT2D eigenvalue weighted by Gasteiger charge is 2.17. The highest BCUT2D eigenvalue weighted by Crippen LogP contribution is 2.03. The van der Waals surface area contributed by atoms with Gasteiger partial charge in [0.25, 0.3) is 0 Å². The third kappa shape index (κ3) is 6.10. The third-order valence-corrected chi connectivity index (χ3v) is 1.37. The maximum atomic E-state index is 11.0. The molecule has 1 atom stereocenters. The van der Waals surface area contributed by atoms with E-state index in [1.165, 1.54) is 0 Å². The van der Waals surface area contributed by atoms with Crippen LogP contribution in [0.3, 0.4) is 0 Å². The van der Waals surface area contributed by atoms with Gasteiger partial charge in [0.15, 0.2) is 6.61 Å². The predicted octanol–water partition coefficient (Wildman–Crippen LogP) is -0.0124. The first-order valence-corrected chi connectivity index (χ1v) is 4.07. The summed E-state index contributed by atoms with van der Waals surface area (Å²) in [6.45, 7) is 3.22. The molecule has 0 radical (unpaired) electrons. The molecule has 0 aliphatic heterocycles. The molecule has 13 heavy (non-hydrogen) atoms. The molecule has 5 nitrogen and oxygen atoms in total. The van der Waals surface area contributed by atoms with Gasteiger partial charge in [0, 0.05) is 0 Å². The van der Waals surface area contributed by atoms with Crippen molar-refractivity contribution < 1.29 is 19.4 Å². The second kappa shape index (κ2) is 5.53. The number of aliphatic carboxylic acids is 1. The van der Waals surface area contributed by atoms with Gasteiger partial charge in [-0.15, -0.1) is 0 Å². The Morgan fingerprint density at radius 1 is 1.46 bits per heavy atom. The number of ether oxygens (including phenoxy) is 1. The Morgan fingerprint density at radius 2 is 2.00 bits per heavy atom. The topological polar surface area (TPSA) is 89.6 Å². The van der Waals surface area contributed by atoms with E-state index >= 15 is 0 Å². The van der Waals surface area contributed by atoms with Gasteiger partial charge in [0.05, 0.1) is 0 Å². The van der Waals surface area contributed by atoms with E-state index in [1.54, 1.807) is 0 Å². The highest BCUT2D eigenvalue weighted by atomic mass is 16.5. The fraction of sp³-hybridized carbons (Fsp3) is 0.750. The van der Waals surface area contributed by atoms with Crippen molar-refractivity contribution >= 4 is 11.9 Å². The highest BCUT2D eigenvalue weighted by molar-refractivity contribution is 5.78. The summed E-state index contributed by atoms with van der Waals surface area (Å²) >= 11 is 0. The van der Waals surface area contributed by atoms with Gasteiger partial charge in [-0.2, -0.15) is 0 Å². The molecule has 0 unspecified atom stereocenters. The number of carbonyl (C=O) groups excluding carboxylic acids is 1. The van der Waals surface area contributed by atoms with Crippen LogP contribution in [0.15, 0.2) is 0 Å². The standard InChI is InChI=1S/C8H15NO4/c1-5(2)3-6(9)8(12)13-4-7(10)11/h5-6H,3-4,9H2,1-2H3,(H,10,11)/t6-/m0/s1. The van der Waals surface area contributed by atoms with Gasteiger partial charge in [0.2, 0.25) is 0 Å². The number of esters is 1. The van der Waals surface area contributed by atoms with Crippen LogP contribution in [-0.4, -0.2) is 29.7 Å². The fourth-order valence-corrected chi connectivity index (χ4v) is 0.844. The van der Waals surface area contributed by atoms with Crippen molar-refractivity contribution in [2.45, 2.75) is 26.3 Å². The summed E-state index contributed by atoms with van der Waals surface area (Å²) in [7, 11) is 0. The maximum Gasteiger partial charge on any atom is 0.341 e. The lowest BCUT2D eigenvalue weighted by atomic mass is 10.1. The summed E-state index contributed by atoms with van der Waals surface area (Å²) in [5.74, 6) is -1.55. The lowest BCUT2D eigenvalue weighted by molar-refractivity contribution is -0.156. The molecule has 5 heteroatoms. The van der Waals surface area contributed by atoms with Crippen molar-refractivity contribution in [1.29, 1.82) is 0 Å². The molecule has 76 valence electrons. The molecule has 0 rings (SSSR count). The van der Waals surface area contributed by atoms with E-state index in [9.17, 15) is 9.59 Å². The average molecular weight is 189 g/mol. The number of hydrogen-bond acceptors (Lipinski definition) is 4. The molecule has 0 heterocycles. The zero-order valence-electron chi connectivity index (χ0n) is 7.82. The lowest BCUT2D eigenvalue weighted by Gasteiger charge is -2.11. The van der Waals surface area contributed by atoms with Gasteiger partial charge in [0.1, 0.15) is 6.04 Å². The van der Waals surface area contributed by atoms with Gasteiger partial charge >= 0.3 is 11.9 Å². The molecule has 0 aromatic heterocycles. The zero-order chi connectivity index (χ0) is 10.4. The van der Waals surface area contributed by atoms with Crippen molar-refractivity contribution in [2.75, 3.05) is 6.61 Å². The number of rotatable bonds is 5. The minimum absolute atomic E-state index is 0.285. The number of carboxylic acid groups (broad SMARTS) is 1. The smallest absolute Gasteiger partial charge is 0.341 e. The van der Waals surface area contributed by atoms with E-state index < -0.39 is 24.6 Å². The van der Waals surface area contributed by atoms with Crippen LogP contribution in [0, 0.1) is 5.92 Å². The fourth-order valence-electron chi connectivity index (χ4n) is 0.844. The number of hydrogen-bond donors (Lipinski definition) is 2. The normalized spacial score (nSPS) is 12.6. The Kier molecular flexibility index (Phi) is 5.06. The second-order valence-electron chi connectivity index (χ2n) is 3.24. The van der Waals surface area contributed by atoms with Crippen molar-refractivity contribution in [3.8, 4) is 0 Å². The monoisotopic (exact) mass is 189 g/mol. The van der Waals surface area contributed by atoms with Crippen LogP contribution in [-0.2, 0) is 14.3 Å². The van der Waals surface area contributed by atoms with Crippen molar-refractivity contribution in [1.82, 2.24) is 0 Å². The van der Waals surface area contributed by atoms with Crippen molar-refractivity contribution in [3.63, 3.8) is 0 Å². The van der Waals surface area contributed by atoms with E-state index in [-0.39, 0.29) is 5.92 Å². The largest absolute Gasteiger partial charge is 0.479 e. The van der Waals surface area contributed by atoms with Crippen LogP contribution in [0.2, 0.25) is 0 Å². The first-order chi connectivity index (χ1) is 5.93. The van der Waals surface area contributed by atoms with Crippen LogP contribution in [0.25, 0.3) is 0 Å². The van der Waals surface area contributed by atoms with E-state index in [4.69, 9.17) is 10.8 Å². The Balaban J connectivity index is 3.76. The summed E-state index contributed by atoms with van der Waals surface area (Å²) in [5, 5.41) is 8.21. The van der Waals surface area contributed by atoms with Crippen LogP contribution in [0.5, 0.6) is 0 Å². The molecule has 0 amide bonds. The summed E-state index contributed by atoms with van der Waals surface area (Å²) in [4.78, 5) is 21.0. The number of carbonyl (C=O) groups is 2. The van der Waals surface area contributed by atoms with Crippen LogP contribution in [0.4, 0.5) is 0 Å². The predicted molar refractivity (Wildman–Crippen MR) is 46.0 cm³/mol. The second-order valence-corrected chi connectivity index (χ2v) is 3.24. The third-order valence-electron chi connectivity index (χ3n) is 1.37. The summed E-state index contributed by atoms with van der Waals surface area (Å²) in [6.07, 6.45) is 0.498. The first kappa shape index (κ1) is 11.9. The number of nitrogens with two attached hydrogens (primary N) is 1. The van der Waals surface area contributed by atoms with E-state index in [1.807, 2.05) is 13.8 Å². The molecule has 0 aromatic carbocycles. The molecule has 0 saturated carbocycles. The van der Waals surface area contributed by atoms with Crippen LogP contribution in [0.1, 0.15) is 20.3 Å². The lowest BCUT2D eigenvalue weighted by Crippen LogP contribution is -2.34. The molecule has 0 saturated heterocycles. The van der Waals surface area contributed by atoms with Crippen molar-refractivity contribution in [2.24, 2.45) is 11.7 Å². The minimum Gasteiger partial charge on any atom is -0.479 e. The quantitative estimate of drug-likeness (QED) is 0.593. The van der Waals surface area contributed by atoms with Crippen molar-refractivity contribution in [3.05, 3.63) is 0 Å². The van der Waals surface area contributed by atoms with E-state index in [0.29, 0.717) is 6.42 Å². The molecule has 0 aliphatic rings. The Bertz CT molecular complexity index is 191. The molecular formula is C8H15NO4. The van der Waals surface area contributed by atoms with Gasteiger partial charge in [-0.05, 0) is 12.3 Å². The van der Waals surface area contributed by atoms with Gasteiger partial charge < -0.3 is 15.6 Å². The SMILES string of the molecule is CC(C)C[C@H](N)C(=O)OCC(=O)O. The summed E-state index contributed by atoms with van der Waals surface area (Å²) in [5.41, 5.74) is 5.44. The zero-order valence-corrected chi connectivity index (χ0v) is 7.82. The molecule has 0 aromatic rings. The van der Waals surface area contributed by atoms with E-state index in [2.05, 4.69) is 4.74 Å². The Morgan fingerprint density at radius 3 is 2.38 bits per heavy atom. The van der Waals surface area contributed by atoms with Crippen LogP contribution >= 0.6 is 0 Å². The number of carboxylic acids is 1. The molecule has 0 aliphatic carbocycles. The molecular weight excluding hydrogens is 174 g/mol. The molecule has 3 N–H and O–H groups in total. The van der Waals surface area contributed by atoms with Gasteiger partial charge in [-0.3, -0.25) is 4.79 Å². The molecule has 0 bridgehead atoms. The summed E-state index contributed by atoms with van der Waals surface area (Å²) in [6, 6.07) is -0.723. The minimum atomic E-state index is -1.18. The average Bonchev–Trinajstić information content (AvgIpc) is 1.98. The Labute approximate surface area is 76.9 Å². The van der Waals surface area contributed by atoms with Gasteiger partial charge in [-0.25, -0.2) is 4.79 Å². The Hall–Kier alpha value is -1.10.